The number of aliphatic hydroxyl groups excluding tert-OH is 1. The summed E-state index contributed by atoms with van der Waals surface area (Å²) in [6.45, 7) is 5.80. The quantitative estimate of drug-likeness (QED) is 0.192. The fraction of sp³-hybridized carbons (Fsp3) is 0.950. The van der Waals surface area contributed by atoms with Crippen molar-refractivity contribution in [1.82, 2.24) is 10.6 Å². The topological polar surface area (TPSA) is 65.9 Å². The van der Waals surface area contributed by atoms with Gasteiger partial charge in [-0.25, -0.2) is 0 Å². The Kier molecular flexibility index (Phi) is 12.9. The van der Waals surface area contributed by atoms with Crippen LogP contribution in [-0.2, 0) is 4.74 Å². The summed E-state index contributed by atoms with van der Waals surface area (Å²) in [5.74, 6) is 0.909. The fourth-order valence-corrected chi connectivity index (χ4v) is 4.20. The minimum absolute atomic E-state index is 0. The van der Waals surface area contributed by atoms with Crippen LogP contribution in [-0.4, -0.2) is 50.0 Å². The zero-order valence-electron chi connectivity index (χ0n) is 16.6. The first kappa shape index (κ1) is 24.0. The smallest absolute Gasteiger partial charge is 0.191 e. The molecule has 0 spiro atoms. The molecule has 0 heterocycles. The highest BCUT2D eigenvalue weighted by molar-refractivity contribution is 14.0. The molecule has 0 atom stereocenters. The van der Waals surface area contributed by atoms with Crippen molar-refractivity contribution in [3.63, 3.8) is 0 Å². The van der Waals surface area contributed by atoms with Crippen molar-refractivity contribution in [2.45, 2.75) is 83.7 Å². The van der Waals surface area contributed by atoms with Gasteiger partial charge in [0.15, 0.2) is 5.96 Å². The molecule has 2 aliphatic carbocycles. The maximum Gasteiger partial charge on any atom is 0.191 e. The van der Waals surface area contributed by atoms with Crippen molar-refractivity contribution < 1.29 is 9.84 Å². The number of hydrogen-bond donors (Lipinski definition) is 3. The third kappa shape index (κ3) is 8.74. The Morgan fingerprint density at radius 2 is 1.85 bits per heavy atom. The second-order valence-electron chi connectivity index (χ2n) is 7.79. The summed E-state index contributed by atoms with van der Waals surface area (Å²) in [4.78, 5) is 4.85. The third-order valence-electron chi connectivity index (χ3n) is 5.74. The molecule has 0 radical (unpaired) electrons. The molecule has 6 heteroatoms. The molecule has 5 nitrogen and oxygen atoms in total. The molecule has 26 heavy (non-hydrogen) atoms. The normalized spacial score (nSPS) is 20.6. The highest BCUT2D eigenvalue weighted by Gasteiger charge is 2.31. The van der Waals surface area contributed by atoms with Crippen LogP contribution in [0.2, 0.25) is 0 Å². The van der Waals surface area contributed by atoms with Gasteiger partial charge < -0.3 is 20.5 Å². The average molecular weight is 481 g/mol. The predicted molar refractivity (Wildman–Crippen MR) is 119 cm³/mol. The van der Waals surface area contributed by atoms with Gasteiger partial charge in [0.2, 0.25) is 0 Å². The van der Waals surface area contributed by atoms with Crippen LogP contribution < -0.4 is 10.6 Å². The van der Waals surface area contributed by atoms with E-state index in [9.17, 15) is 5.11 Å². The number of rotatable bonds is 10. The lowest BCUT2D eigenvalue weighted by Crippen LogP contribution is -2.39. The van der Waals surface area contributed by atoms with E-state index in [-0.39, 0.29) is 36.0 Å². The maximum atomic E-state index is 9.45. The van der Waals surface area contributed by atoms with Gasteiger partial charge in [-0.2, -0.15) is 0 Å². The number of nitrogens with one attached hydrogen (secondary N) is 2. The van der Waals surface area contributed by atoms with E-state index in [1.54, 1.807) is 0 Å². The molecule has 2 saturated carbocycles. The SMILES string of the molecule is CCNC(=NCC1(CCO)CCCCC1)NCCCOC1CCCC1.I. The lowest BCUT2D eigenvalue weighted by Gasteiger charge is -2.35. The first-order valence-electron chi connectivity index (χ1n) is 10.5. The first-order chi connectivity index (χ1) is 12.3. The van der Waals surface area contributed by atoms with Crippen molar-refractivity contribution in [2.75, 3.05) is 32.8 Å². The van der Waals surface area contributed by atoms with Crippen molar-refractivity contribution in [3.8, 4) is 0 Å². The van der Waals surface area contributed by atoms with Crippen molar-refractivity contribution in [2.24, 2.45) is 10.4 Å². The van der Waals surface area contributed by atoms with E-state index in [0.717, 1.165) is 45.0 Å². The molecule has 2 rings (SSSR count). The minimum Gasteiger partial charge on any atom is -0.396 e. The van der Waals surface area contributed by atoms with E-state index in [0.29, 0.717) is 6.10 Å². The number of guanidine groups is 1. The molecule has 154 valence electrons. The average Bonchev–Trinajstić information content (AvgIpc) is 3.14. The molecular formula is C20H40IN3O2. The molecule has 3 N–H and O–H groups in total. The molecule has 0 aromatic rings. The van der Waals surface area contributed by atoms with Crippen LogP contribution in [0.4, 0.5) is 0 Å². The summed E-state index contributed by atoms with van der Waals surface area (Å²) in [5, 5.41) is 16.2. The van der Waals surface area contributed by atoms with Gasteiger partial charge in [0.25, 0.3) is 0 Å². The van der Waals surface area contributed by atoms with Gasteiger partial charge in [-0.3, -0.25) is 4.99 Å². The molecule has 0 aliphatic heterocycles. The zero-order valence-corrected chi connectivity index (χ0v) is 18.9. The summed E-state index contributed by atoms with van der Waals surface area (Å²) in [7, 11) is 0. The summed E-state index contributed by atoms with van der Waals surface area (Å²) < 4.78 is 5.92. The van der Waals surface area contributed by atoms with Gasteiger partial charge in [-0.15, -0.1) is 24.0 Å². The molecule has 0 unspecified atom stereocenters. The Bertz CT molecular complexity index is 376. The van der Waals surface area contributed by atoms with E-state index in [4.69, 9.17) is 9.73 Å². The van der Waals surface area contributed by atoms with Gasteiger partial charge in [0, 0.05) is 32.8 Å². The molecular weight excluding hydrogens is 441 g/mol. The lowest BCUT2D eigenvalue weighted by atomic mass is 9.72. The van der Waals surface area contributed by atoms with E-state index < -0.39 is 0 Å². The number of ether oxygens (including phenoxy) is 1. The standard InChI is InChI=1S/C20H39N3O2.HI/c1-2-21-19(22-14-8-16-25-18-9-4-5-10-18)23-17-20(13-15-24)11-6-3-7-12-20;/h18,24H,2-17H2,1H3,(H2,21,22,23);1H. The Morgan fingerprint density at radius 1 is 1.12 bits per heavy atom. The monoisotopic (exact) mass is 481 g/mol. The Morgan fingerprint density at radius 3 is 2.50 bits per heavy atom. The summed E-state index contributed by atoms with van der Waals surface area (Å²) in [5.41, 5.74) is 0.209. The largest absolute Gasteiger partial charge is 0.396 e. The van der Waals surface area contributed by atoms with Gasteiger partial charge in [-0.1, -0.05) is 32.1 Å². The fourth-order valence-electron chi connectivity index (χ4n) is 4.20. The lowest BCUT2D eigenvalue weighted by molar-refractivity contribution is 0.0574. The van der Waals surface area contributed by atoms with E-state index in [1.165, 1.54) is 57.8 Å². The number of hydrogen-bond acceptors (Lipinski definition) is 3. The highest BCUT2D eigenvalue weighted by Crippen LogP contribution is 2.39. The van der Waals surface area contributed by atoms with Crippen LogP contribution >= 0.6 is 24.0 Å². The summed E-state index contributed by atoms with van der Waals surface area (Å²) in [6, 6.07) is 0. The van der Waals surface area contributed by atoms with Gasteiger partial charge in [0.05, 0.1) is 6.10 Å². The summed E-state index contributed by atoms with van der Waals surface area (Å²) >= 11 is 0. The second kappa shape index (κ2) is 14.0. The molecule has 0 saturated heterocycles. The number of aliphatic imine (C=N–C) groups is 1. The highest BCUT2D eigenvalue weighted by atomic mass is 127. The van der Waals surface area contributed by atoms with Gasteiger partial charge >= 0.3 is 0 Å². The maximum absolute atomic E-state index is 9.45. The van der Waals surface area contributed by atoms with E-state index >= 15 is 0 Å². The number of aliphatic hydroxyl groups is 1. The second-order valence-corrected chi connectivity index (χ2v) is 7.79. The van der Waals surface area contributed by atoms with Crippen molar-refractivity contribution in [3.05, 3.63) is 0 Å². The Balaban J connectivity index is 0.00000338. The number of halogens is 1. The molecule has 0 amide bonds. The van der Waals surface area contributed by atoms with Crippen molar-refractivity contribution >= 4 is 29.9 Å². The summed E-state index contributed by atoms with van der Waals surface area (Å²) in [6.07, 6.45) is 13.8. The Labute approximate surface area is 177 Å². The van der Waals surface area contributed by atoms with Crippen LogP contribution in [0.1, 0.15) is 77.6 Å². The van der Waals surface area contributed by atoms with Crippen LogP contribution in [0.15, 0.2) is 4.99 Å². The molecule has 2 fully saturated rings. The van der Waals surface area contributed by atoms with Crippen molar-refractivity contribution in [1.29, 1.82) is 0 Å². The Hall–Kier alpha value is -0.0800. The van der Waals surface area contributed by atoms with Crippen LogP contribution in [0.5, 0.6) is 0 Å². The van der Waals surface area contributed by atoms with Gasteiger partial charge in [0.1, 0.15) is 0 Å². The van der Waals surface area contributed by atoms with Crippen LogP contribution in [0.3, 0.4) is 0 Å². The van der Waals surface area contributed by atoms with Crippen LogP contribution in [0, 0.1) is 5.41 Å². The molecule has 2 aliphatic rings. The third-order valence-corrected chi connectivity index (χ3v) is 5.74. The predicted octanol–water partition coefficient (Wildman–Crippen LogP) is 3.84. The number of nitrogens with zero attached hydrogens (tertiary/aromatic N) is 1. The zero-order chi connectivity index (χ0) is 17.8. The molecule has 0 aromatic carbocycles. The molecule has 0 bridgehead atoms. The van der Waals surface area contributed by atoms with E-state index in [1.807, 2.05) is 0 Å². The molecule has 0 aromatic heterocycles. The van der Waals surface area contributed by atoms with E-state index in [2.05, 4.69) is 17.6 Å². The first-order valence-corrected chi connectivity index (χ1v) is 10.5. The minimum atomic E-state index is 0. The van der Waals surface area contributed by atoms with Crippen LogP contribution in [0.25, 0.3) is 0 Å². The van der Waals surface area contributed by atoms with Gasteiger partial charge in [-0.05, 0) is 50.9 Å².